The number of carbonyl (C=O) groups is 1. The molecule has 98 valence electrons. The standard InChI is InChI=1S/C14H25NO2/c1-9-3-6-12(7-10(9)2)17-14(16)8-13(15)11-4-5-11/h9-13H,3-8,15H2,1-2H3. The number of carbonyl (C=O) groups excluding carboxylic acids is 1. The molecule has 2 aliphatic carbocycles. The molecule has 0 spiro atoms. The van der Waals surface area contributed by atoms with Gasteiger partial charge >= 0.3 is 5.97 Å². The molecule has 0 aromatic rings. The lowest BCUT2D eigenvalue weighted by atomic mass is 9.80. The molecule has 0 aromatic carbocycles. The molecule has 0 radical (unpaired) electrons. The fraction of sp³-hybridized carbons (Fsp3) is 0.929. The van der Waals surface area contributed by atoms with Crippen molar-refractivity contribution in [1.29, 1.82) is 0 Å². The zero-order valence-electron chi connectivity index (χ0n) is 11.0. The minimum absolute atomic E-state index is 0.0300. The second kappa shape index (κ2) is 5.38. The normalized spacial score (nSPS) is 35.4. The molecule has 0 aromatic heterocycles. The van der Waals surface area contributed by atoms with Gasteiger partial charge in [0.2, 0.25) is 0 Å². The van der Waals surface area contributed by atoms with Gasteiger partial charge < -0.3 is 10.5 Å². The summed E-state index contributed by atoms with van der Waals surface area (Å²) in [7, 11) is 0. The summed E-state index contributed by atoms with van der Waals surface area (Å²) in [6, 6.07) is 0.0300. The number of hydrogen-bond acceptors (Lipinski definition) is 3. The van der Waals surface area contributed by atoms with E-state index in [0.29, 0.717) is 18.3 Å². The molecule has 4 atom stereocenters. The van der Waals surface area contributed by atoms with Crippen molar-refractivity contribution in [3.05, 3.63) is 0 Å². The van der Waals surface area contributed by atoms with Crippen LogP contribution in [-0.2, 0) is 9.53 Å². The number of hydrogen-bond donors (Lipinski definition) is 1. The Morgan fingerprint density at radius 2 is 1.94 bits per heavy atom. The third-order valence-electron chi connectivity index (χ3n) is 4.48. The van der Waals surface area contributed by atoms with Gasteiger partial charge in [-0.25, -0.2) is 0 Å². The summed E-state index contributed by atoms with van der Waals surface area (Å²) in [5.41, 5.74) is 5.93. The van der Waals surface area contributed by atoms with Crippen LogP contribution in [0.5, 0.6) is 0 Å². The van der Waals surface area contributed by atoms with Crippen molar-refractivity contribution >= 4 is 5.97 Å². The monoisotopic (exact) mass is 239 g/mol. The fourth-order valence-corrected chi connectivity index (χ4v) is 2.72. The maximum Gasteiger partial charge on any atom is 0.307 e. The Labute approximate surface area is 104 Å². The van der Waals surface area contributed by atoms with Gasteiger partial charge in [0.1, 0.15) is 6.10 Å². The Hall–Kier alpha value is -0.570. The summed E-state index contributed by atoms with van der Waals surface area (Å²) < 4.78 is 5.54. The predicted octanol–water partition coefficient (Wildman–Crippen LogP) is 2.48. The van der Waals surface area contributed by atoms with Crippen LogP contribution in [-0.4, -0.2) is 18.1 Å². The van der Waals surface area contributed by atoms with Gasteiger partial charge in [-0.1, -0.05) is 13.8 Å². The molecule has 0 saturated heterocycles. The first kappa shape index (κ1) is 12.9. The molecule has 0 bridgehead atoms. The quantitative estimate of drug-likeness (QED) is 0.767. The van der Waals surface area contributed by atoms with E-state index in [1.54, 1.807) is 0 Å². The van der Waals surface area contributed by atoms with E-state index in [1.165, 1.54) is 19.3 Å². The molecule has 3 heteroatoms. The van der Waals surface area contributed by atoms with Crippen molar-refractivity contribution in [2.45, 2.75) is 64.5 Å². The molecule has 0 amide bonds. The summed E-state index contributed by atoms with van der Waals surface area (Å²) in [6.07, 6.45) is 6.14. The predicted molar refractivity (Wildman–Crippen MR) is 67.4 cm³/mol. The lowest BCUT2D eigenvalue weighted by Crippen LogP contribution is -2.32. The molecule has 3 nitrogen and oxygen atoms in total. The van der Waals surface area contributed by atoms with E-state index >= 15 is 0 Å². The molecule has 2 aliphatic rings. The molecule has 0 heterocycles. The van der Waals surface area contributed by atoms with E-state index in [0.717, 1.165) is 18.8 Å². The van der Waals surface area contributed by atoms with Crippen LogP contribution < -0.4 is 5.73 Å². The highest BCUT2D eigenvalue weighted by Crippen LogP contribution is 2.34. The van der Waals surface area contributed by atoms with Crippen molar-refractivity contribution < 1.29 is 9.53 Å². The van der Waals surface area contributed by atoms with E-state index in [2.05, 4.69) is 13.8 Å². The maximum absolute atomic E-state index is 11.7. The van der Waals surface area contributed by atoms with Crippen molar-refractivity contribution in [1.82, 2.24) is 0 Å². The van der Waals surface area contributed by atoms with Crippen LogP contribution in [0.4, 0.5) is 0 Å². The lowest BCUT2D eigenvalue weighted by molar-refractivity contribution is -0.152. The third kappa shape index (κ3) is 3.70. The van der Waals surface area contributed by atoms with Crippen molar-refractivity contribution in [2.75, 3.05) is 0 Å². The van der Waals surface area contributed by atoms with Crippen LogP contribution in [0, 0.1) is 17.8 Å². The lowest BCUT2D eigenvalue weighted by Gasteiger charge is -2.31. The summed E-state index contributed by atoms with van der Waals surface area (Å²) in [5.74, 6) is 1.92. The summed E-state index contributed by atoms with van der Waals surface area (Å²) in [5, 5.41) is 0. The minimum atomic E-state index is -0.0869. The van der Waals surface area contributed by atoms with Gasteiger partial charge in [-0.05, 0) is 49.9 Å². The fourth-order valence-electron chi connectivity index (χ4n) is 2.72. The average Bonchev–Trinajstić information content (AvgIpc) is 3.06. The van der Waals surface area contributed by atoms with Crippen molar-refractivity contribution in [3.63, 3.8) is 0 Å². The van der Waals surface area contributed by atoms with E-state index in [-0.39, 0.29) is 18.1 Å². The molecule has 2 fully saturated rings. The zero-order chi connectivity index (χ0) is 12.4. The second-order valence-electron chi connectivity index (χ2n) is 6.08. The highest BCUT2D eigenvalue weighted by atomic mass is 16.5. The van der Waals surface area contributed by atoms with Crippen molar-refractivity contribution in [2.24, 2.45) is 23.5 Å². The molecule has 4 unspecified atom stereocenters. The second-order valence-corrected chi connectivity index (χ2v) is 6.08. The minimum Gasteiger partial charge on any atom is -0.462 e. The van der Waals surface area contributed by atoms with E-state index in [1.807, 2.05) is 0 Å². The smallest absolute Gasteiger partial charge is 0.307 e. The third-order valence-corrected chi connectivity index (χ3v) is 4.48. The molecule has 17 heavy (non-hydrogen) atoms. The number of esters is 1. The molecule has 2 saturated carbocycles. The van der Waals surface area contributed by atoms with Gasteiger partial charge in [0.25, 0.3) is 0 Å². The Bertz CT molecular complexity index is 275. The van der Waals surface area contributed by atoms with Gasteiger partial charge in [0.05, 0.1) is 6.42 Å². The first-order valence-electron chi connectivity index (χ1n) is 7.01. The number of nitrogens with two attached hydrogens (primary N) is 1. The number of ether oxygens (including phenoxy) is 1. The molecule has 2 rings (SSSR count). The van der Waals surface area contributed by atoms with Crippen LogP contribution in [0.1, 0.15) is 52.4 Å². The first-order valence-corrected chi connectivity index (χ1v) is 7.01. The summed E-state index contributed by atoms with van der Waals surface area (Å²) >= 11 is 0. The van der Waals surface area contributed by atoms with Gasteiger partial charge in [-0.2, -0.15) is 0 Å². The molecular formula is C14H25NO2. The average molecular weight is 239 g/mol. The Balaban J connectivity index is 1.70. The van der Waals surface area contributed by atoms with Crippen LogP contribution in [0.2, 0.25) is 0 Å². The summed E-state index contributed by atoms with van der Waals surface area (Å²) in [6.45, 7) is 4.53. The number of rotatable bonds is 4. The first-order chi connectivity index (χ1) is 8.06. The van der Waals surface area contributed by atoms with Gasteiger partial charge in [0.15, 0.2) is 0 Å². The molecule has 0 aliphatic heterocycles. The van der Waals surface area contributed by atoms with Gasteiger partial charge in [-0.15, -0.1) is 0 Å². The molecular weight excluding hydrogens is 214 g/mol. The van der Waals surface area contributed by atoms with Crippen molar-refractivity contribution in [3.8, 4) is 0 Å². The highest BCUT2D eigenvalue weighted by Gasteiger charge is 2.32. The Morgan fingerprint density at radius 3 is 2.53 bits per heavy atom. The van der Waals surface area contributed by atoms with E-state index in [9.17, 15) is 4.79 Å². The van der Waals surface area contributed by atoms with Crippen LogP contribution in [0.3, 0.4) is 0 Å². The van der Waals surface area contributed by atoms with Crippen LogP contribution in [0.25, 0.3) is 0 Å². The van der Waals surface area contributed by atoms with Crippen LogP contribution >= 0.6 is 0 Å². The maximum atomic E-state index is 11.7. The topological polar surface area (TPSA) is 52.3 Å². The highest BCUT2D eigenvalue weighted by molar-refractivity contribution is 5.70. The zero-order valence-corrected chi connectivity index (χ0v) is 11.0. The van der Waals surface area contributed by atoms with E-state index < -0.39 is 0 Å². The van der Waals surface area contributed by atoms with Gasteiger partial charge in [-0.3, -0.25) is 4.79 Å². The summed E-state index contributed by atoms with van der Waals surface area (Å²) in [4.78, 5) is 11.7. The Kier molecular flexibility index (Phi) is 4.08. The van der Waals surface area contributed by atoms with Crippen LogP contribution in [0.15, 0.2) is 0 Å². The SMILES string of the molecule is CC1CCC(OC(=O)CC(N)C2CC2)CC1C. The van der Waals surface area contributed by atoms with Gasteiger partial charge in [0, 0.05) is 6.04 Å². The van der Waals surface area contributed by atoms with E-state index in [4.69, 9.17) is 10.5 Å². The molecule has 2 N–H and O–H groups in total. The Morgan fingerprint density at radius 1 is 1.24 bits per heavy atom. The largest absolute Gasteiger partial charge is 0.462 e.